The zero-order valence-corrected chi connectivity index (χ0v) is 13.3. The van der Waals surface area contributed by atoms with Crippen LogP contribution < -0.4 is 5.32 Å². The molecule has 1 saturated carbocycles. The fourth-order valence-electron chi connectivity index (χ4n) is 3.88. The minimum absolute atomic E-state index is 0.431. The van der Waals surface area contributed by atoms with Crippen LogP contribution in [0.3, 0.4) is 0 Å². The first kappa shape index (κ1) is 15.0. The molecule has 2 N–H and O–H groups in total. The molecule has 0 radical (unpaired) electrons. The summed E-state index contributed by atoms with van der Waals surface area (Å²) in [6.07, 6.45) is 4.15. The van der Waals surface area contributed by atoms with Crippen LogP contribution in [0.1, 0.15) is 49.8 Å². The van der Waals surface area contributed by atoms with E-state index in [1.807, 2.05) is 6.92 Å². The first-order chi connectivity index (χ1) is 10.1. The van der Waals surface area contributed by atoms with Crippen LogP contribution >= 0.6 is 0 Å². The quantitative estimate of drug-likeness (QED) is 0.878. The van der Waals surface area contributed by atoms with Crippen molar-refractivity contribution >= 4 is 0 Å². The van der Waals surface area contributed by atoms with Gasteiger partial charge in [-0.15, -0.1) is 0 Å². The summed E-state index contributed by atoms with van der Waals surface area (Å²) >= 11 is 0. The van der Waals surface area contributed by atoms with Crippen molar-refractivity contribution in [2.24, 2.45) is 0 Å². The second kappa shape index (κ2) is 6.07. The second-order valence-corrected chi connectivity index (χ2v) is 7.09. The van der Waals surface area contributed by atoms with Crippen molar-refractivity contribution in [3.05, 3.63) is 35.4 Å². The lowest BCUT2D eigenvalue weighted by Gasteiger charge is -2.43. The van der Waals surface area contributed by atoms with Crippen LogP contribution in [0.2, 0.25) is 0 Å². The molecule has 21 heavy (non-hydrogen) atoms. The molecule has 1 aliphatic heterocycles. The number of rotatable bonds is 2. The molecular formula is C18H28N2O. The van der Waals surface area contributed by atoms with E-state index in [-0.39, 0.29) is 0 Å². The molecule has 0 bridgehead atoms. The highest BCUT2D eigenvalue weighted by Gasteiger charge is 2.33. The van der Waals surface area contributed by atoms with E-state index in [0.717, 1.165) is 45.3 Å². The lowest BCUT2D eigenvalue weighted by molar-refractivity contribution is -0.00993. The monoisotopic (exact) mass is 288 g/mol. The third kappa shape index (κ3) is 3.47. The highest BCUT2D eigenvalue weighted by molar-refractivity contribution is 5.29. The van der Waals surface area contributed by atoms with Crippen LogP contribution in [0, 0.1) is 6.92 Å². The van der Waals surface area contributed by atoms with E-state index in [4.69, 9.17) is 0 Å². The SMILES string of the molecule is Cc1ccccc1[C@@H]1CN([C@H]2CC[C@@](C)(O)CC2)CCN1. The van der Waals surface area contributed by atoms with Crippen LogP contribution in [0.15, 0.2) is 24.3 Å². The molecule has 2 fully saturated rings. The standard InChI is InChI=1S/C18H28N2O/c1-14-5-3-4-6-16(14)17-13-20(12-11-19-17)15-7-9-18(2,21)10-8-15/h3-6,15,17,19,21H,7-13H2,1-2H3/t15-,17-,18+/m0/s1. The van der Waals surface area contributed by atoms with Gasteiger partial charge in [-0.25, -0.2) is 0 Å². The Labute approximate surface area is 128 Å². The van der Waals surface area contributed by atoms with E-state index in [0.29, 0.717) is 12.1 Å². The van der Waals surface area contributed by atoms with Gasteiger partial charge in [-0.05, 0) is 50.7 Å². The van der Waals surface area contributed by atoms with Gasteiger partial charge in [-0.3, -0.25) is 4.90 Å². The Morgan fingerprint density at radius 2 is 1.95 bits per heavy atom. The van der Waals surface area contributed by atoms with E-state index < -0.39 is 5.60 Å². The fraction of sp³-hybridized carbons (Fsp3) is 0.667. The van der Waals surface area contributed by atoms with E-state index in [9.17, 15) is 5.11 Å². The normalized spacial score (nSPS) is 34.8. The predicted molar refractivity (Wildman–Crippen MR) is 86.4 cm³/mol. The first-order valence-corrected chi connectivity index (χ1v) is 8.30. The zero-order valence-electron chi connectivity index (χ0n) is 13.3. The maximum atomic E-state index is 10.1. The third-order valence-corrected chi connectivity index (χ3v) is 5.32. The topological polar surface area (TPSA) is 35.5 Å². The van der Waals surface area contributed by atoms with Gasteiger partial charge in [0.05, 0.1) is 5.60 Å². The first-order valence-electron chi connectivity index (χ1n) is 8.30. The summed E-state index contributed by atoms with van der Waals surface area (Å²) in [6, 6.07) is 9.81. The Balaban J connectivity index is 1.65. The molecule has 0 amide bonds. The molecule has 116 valence electrons. The smallest absolute Gasteiger partial charge is 0.0621 e. The molecule has 1 aromatic rings. The van der Waals surface area contributed by atoms with Crippen molar-refractivity contribution in [2.75, 3.05) is 19.6 Å². The van der Waals surface area contributed by atoms with Gasteiger partial charge >= 0.3 is 0 Å². The molecule has 3 nitrogen and oxygen atoms in total. The molecule has 3 heteroatoms. The highest BCUT2D eigenvalue weighted by atomic mass is 16.3. The Hall–Kier alpha value is -0.900. The van der Waals surface area contributed by atoms with E-state index >= 15 is 0 Å². The zero-order chi connectivity index (χ0) is 14.9. The Morgan fingerprint density at radius 3 is 2.67 bits per heavy atom. The Morgan fingerprint density at radius 1 is 1.24 bits per heavy atom. The number of benzene rings is 1. The van der Waals surface area contributed by atoms with Crippen molar-refractivity contribution in [1.82, 2.24) is 10.2 Å². The van der Waals surface area contributed by atoms with Crippen molar-refractivity contribution in [3.63, 3.8) is 0 Å². The Bertz CT molecular complexity index is 476. The number of nitrogens with one attached hydrogen (secondary N) is 1. The molecular weight excluding hydrogens is 260 g/mol. The lowest BCUT2D eigenvalue weighted by atomic mass is 9.82. The summed E-state index contributed by atoms with van der Waals surface area (Å²) in [7, 11) is 0. The minimum atomic E-state index is -0.431. The fourth-order valence-corrected chi connectivity index (χ4v) is 3.88. The van der Waals surface area contributed by atoms with Gasteiger partial charge in [0.25, 0.3) is 0 Å². The Kier molecular flexibility index (Phi) is 4.34. The van der Waals surface area contributed by atoms with Gasteiger partial charge in [0.2, 0.25) is 0 Å². The summed E-state index contributed by atoms with van der Waals surface area (Å²) in [6.45, 7) is 7.48. The second-order valence-electron chi connectivity index (χ2n) is 7.09. The lowest BCUT2D eigenvalue weighted by Crippen LogP contribution is -2.52. The molecule has 1 heterocycles. The molecule has 1 aromatic carbocycles. The van der Waals surface area contributed by atoms with Gasteiger partial charge in [0.15, 0.2) is 0 Å². The average molecular weight is 288 g/mol. The number of aliphatic hydroxyl groups is 1. The molecule has 0 spiro atoms. The van der Waals surface area contributed by atoms with Gasteiger partial charge in [0.1, 0.15) is 0 Å². The van der Waals surface area contributed by atoms with Crippen molar-refractivity contribution in [3.8, 4) is 0 Å². The number of hydrogen-bond donors (Lipinski definition) is 2. The molecule has 3 rings (SSSR count). The van der Waals surface area contributed by atoms with Gasteiger partial charge in [-0.1, -0.05) is 24.3 Å². The summed E-state index contributed by atoms with van der Waals surface area (Å²) in [4.78, 5) is 2.64. The summed E-state index contributed by atoms with van der Waals surface area (Å²) < 4.78 is 0. The van der Waals surface area contributed by atoms with E-state index in [1.165, 1.54) is 11.1 Å². The largest absolute Gasteiger partial charge is 0.390 e. The summed E-state index contributed by atoms with van der Waals surface area (Å²) in [5.41, 5.74) is 2.38. The van der Waals surface area contributed by atoms with Crippen LogP contribution in [0.4, 0.5) is 0 Å². The van der Waals surface area contributed by atoms with E-state index in [2.05, 4.69) is 41.4 Å². The molecule has 1 saturated heterocycles. The minimum Gasteiger partial charge on any atom is -0.390 e. The predicted octanol–water partition coefficient (Wildman–Crippen LogP) is 2.63. The van der Waals surface area contributed by atoms with Crippen LogP contribution in [-0.2, 0) is 0 Å². The number of piperazine rings is 1. The van der Waals surface area contributed by atoms with Crippen molar-refractivity contribution in [1.29, 1.82) is 0 Å². The molecule has 1 aliphatic carbocycles. The average Bonchev–Trinajstić information content (AvgIpc) is 2.48. The summed E-state index contributed by atoms with van der Waals surface area (Å²) in [5, 5.41) is 13.8. The van der Waals surface area contributed by atoms with Gasteiger partial charge < -0.3 is 10.4 Å². The summed E-state index contributed by atoms with van der Waals surface area (Å²) in [5.74, 6) is 0. The van der Waals surface area contributed by atoms with Crippen LogP contribution in [0.5, 0.6) is 0 Å². The van der Waals surface area contributed by atoms with E-state index in [1.54, 1.807) is 0 Å². The number of aryl methyl sites for hydroxylation is 1. The molecule has 0 unspecified atom stereocenters. The number of nitrogens with zero attached hydrogens (tertiary/aromatic N) is 1. The third-order valence-electron chi connectivity index (χ3n) is 5.32. The molecule has 1 atom stereocenters. The number of hydrogen-bond acceptors (Lipinski definition) is 3. The van der Waals surface area contributed by atoms with Gasteiger partial charge in [-0.2, -0.15) is 0 Å². The maximum Gasteiger partial charge on any atom is 0.0621 e. The van der Waals surface area contributed by atoms with Crippen molar-refractivity contribution < 1.29 is 5.11 Å². The molecule has 0 aromatic heterocycles. The molecule has 2 aliphatic rings. The maximum absolute atomic E-state index is 10.1. The van der Waals surface area contributed by atoms with Crippen LogP contribution in [0.25, 0.3) is 0 Å². The van der Waals surface area contributed by atoms with Crippen LogP contribution in [-0.4, -0.2) is 41.3 Å². The van der Waals surface area contributed by atoms with Gasteiger partial charge in [0, 0.05) is 31.7 Å². The van der Waals surface area contributed by atoms with Crippen molar-refractivity contribution in [2.45, 2.75) is 57.2 Å². The highest BCUT2D eigenvalue weighted by Crippen LogP contribution is 2.32.